The molecule has 1 fully saturated rings. The van der Waals surface area contributed by atoms with Crippen molar-refractivity contribution in [1.29, 1.82) is 0 Å². The Labute approximate surface area is 112 Å². The first kappa shape index (κ1) is 13.7. The van der Waals surface area contributed by atoms with Crippen molar-refractivity contribution in [2.24, 2.45) is 5.73 Å². The van der Waals surface area contributed by atoms with Crippen molar-refractivity contribution < 1.29 is 9.13 Å². The lowest BCUT2D eigenvalue weighted by molar-refractivity contribution is -0.0260. The van der Waals surface area contributed by atoms with Crippen molar-refractivity contribution in [2.45, 2.75) is 19.6 Å². The van der Waals surface area contributed by atoms with E-state index in [9.17, 15) is 4.39 Å². The van der Waals surface area contributed by atoms with Gasteiger partial charge in [-0.15, -0.1) is 0 Å². The van der Waals surface area contributed by atoms with E-state index in [1.54, 1.807) is 13.0 Å². The predicted molar refractivity (Wildman–Crippen MR) is 70.2 cm³/mol. The van der Waals surface area contributed by atoms with E-state index in [0.717, 1.165) is 18.7 Å². The average molecular weight is 273 g/mol. The number of ether oxygens (including phenoxy) is 1. The average Bonchev–Trinajstić information content (AvgIpc) is 2.36. The van der Waals surface area contributed by atoms with Crippen molar-refractivity contribution in [3.63, 3.8) is 0 Å². The van der Waals surface area contributed by atoms with E-state index in [4.69, 9.17) is 22.1 Å². The van der Waals surface area contributed by atoms with Gasteiger partial charge in [-0.1, -0.05) is 11.6 Å². The van der Waals surface area contributed by atoms with Crippen LogP contribution in [0.2, 0.25) is 5.02 Å². The van der Waals surface area contributed by atoms with Crippen molar-refractivity contribution >= 4 is 11.6 Å². The highest BCUT2D eigenvalue weighted by atomic mass is 35.5. The second-order valence-electron chi connectivity index (χ2n) is 4.66. The summed E-state index contributed by atoms with van der Waals surface area (Å²) in [6, 6.07) is 3.19. The van der Waals surface area contributed by atoms with Gasteiger partial charge in [-0.05, 0) is 30.2 Å². The minimum Gasteiger partial charge on any atom is -0.374 e. The van der Waals surface area contributed by atoms with Crippen LogP contribution in [0.5, 0.6) is 0 Å². The summed E-state index contributed by atoms with van der Waals surface area (Å²) in [4.78, 5) is 2.19. The molecular formula is C13H18ClFN2O. The molecule has 0 bridgehead atoms. The molecule has 0 aromatic heterocycles. The number of nitrogens with two attached hydrogens (primary N) is 1. The molecule has 0 aliphatic carbocycles. The van der Waals surface area contributed by atoms with E-state index in [2.05, 4.69) is 4.90 Å². The molecule has 1 heterocycles. The lowest BCUT2D eigenvalue weighted by Crippen LogP contribution is -2.45. The zero-order valence-corrected chi connectivity index (χ0v) is 11.2. The third kappa shape index (κ3) is 3.20. The van der Waals surface area contributed by atoms with Gasteiger partial charge in [-0.25, -0.2) is 4.39 Å². The fourth-order valence-electron chi connectivity index (χ4n) is 2.12. The standard InChI is InChI=1S/C13H18ClFN2O/c1-9-4-12(14)10(5-13(9)15)7-17-2-3-18-11(6-16)8-17/h4-5,11H,2-3,6-8,16H2,1H3. The molecule has 0 saturated carbocycles. The summed E-state index contributed by atoms with van der Waals surface area (Å²) in [7, 11) is 0. The van der Waals surface area contributed by atoms with Gasteiger partial charge in [0, 0.05) is 31.2 Å². The van der Waals surface area contributed by atoms with Gasteiger partial charge in [0.1, 0.15) is 5.82 Å². The first-order valence-corrected chi connectivity index (χ1v) is 6.46. The van der Waals surface area contributed by atoms with Crippen molar-refractivity contribution in [2.75, 3.05) is 26.2 Å². The summed E-state index contributed by atoms with van der Waals surface area (Å²) in [5.74, 6) is -0.210. The molecule has 0 spiro atoms. The van der Waals surface area contributed by atoms with Crippen LogP contribution in [0.25, 0.3) is 0 Å². The van der Waals surface area contributed by atoms with Crippen LogP contribution in [0.1, 0.15) is 11.1 Å². The van der Waals surface area contributed by atoms with Gasteiger partial charge < -0.3 is 10.5 Å². The smallest absolute Gasteiger partial charge is 0.126 e. The van der Waals surface area contributed by atoms with Crippen molar-refractivity contribution in [3.05, 3.63) is 34.1 Å². The minimum atomic E-state index is -0.210. The normalized spacial score (nSPS) is 21.2. The summed E-state index contributed by atoms with van der Waals surface area (Å²) >= 11 is 6.14. The second kappa shape index (κ2) is 5.97. The quantitative estimate of drug-likeness (QED) is 0.914. The van der Waals surface area contributed by atoms with E-state index < -0.39 is 0 Å². The Morgan fingerprint density at radius 2 is 2.33 bits per heavy atom. The molecule has 1 aromatic carbocycles. The van der Waals surface area contributed by atoms with E-state index in [-0.39, 0.29) is 11.9 Å². The number of benzene rings is 1. The van der Waals surface area contributed by atoms with Crippen LogP contribution < -0.4 is 5.73 Å². The number of hydrogen-bond acceptors (Lipinski definition) is 3. The van der Waals surface area contributed by atoms with Crippen LogP contribution in [-0.4, -0.2) is 37.2 Å². The van der Waals surface area contributed by atoms with Gasteiger partial charge in [-0.3, -0.25) is 4.90 Å². The number of halogens is 2. The first-order chi connectivity index (χ1) is 8.60. The molecule has 1 saturated heterocycles. The Hall–Kier alpha value is -0.680. The second-order valence-corrected chi connectivity index (χ2v) is 5.06. The Balaban J connectivity index is 2.07. The van der Waals surface area contributed by atoms with Crippen LogP contribution in [0.15, 0.2) is 12.1 Å². The highest BCUT2D eigenvalue weighted by Gasteiger charge is 2.20. The number of aryl methyl sites for hydroxylation is 1. The van der Waals surface area contributed by atoms with Gasteiger partial charge in [0.25, 0.3) is 0 Å². The third-order valence-electron chi connectivity index (χ3n) is 3.21. The zero-order valence-electron chi connectivity index (χ0n) is 10.5. The van der Waals surface area contributed by atoms with Crippen LogP contribution in [0.4, 0.5) is 4.39 Å². The van der Waals surface area contributed by atoms with Crippen LogP contribution in [-0.2, 0) is 11.3 Å². The summed E-state index contributed by atoms with van der Waals surface area (Å²) < 4.78 is 19.0. The maximum atomic E-state index is 13.5. The highest BCUT2D eigenvalue weighted by Crippen LogP contribution is 2.22. The molecule has 100 valence electrons. The summed E-state index contributed by atoms with van der Waals surface area (Å²) in [6.45, 7) is 5.10. The van der Waals surface area contributed by atoms with Crippen LogP contribution in [0.3, 0.4) is 0 Å². The zero-order chi connectivity index (χ0) is 13.1. The Kier molecular flexibility index (Phi) is 4.56. The van der Waals surface area contributed by atoms with E-state index in [0.29, 0.717) is 30.3 Å². The van der Waals surface area contributed by atoms with E-state index in [1.165, 1.54) is 6.07 Å². The van der Waals surface area contributed by atoms with Gasteiger partial charge >= 0.3 is 0 Å². The molecule has 1 aromatic rings. The molecule has 0 radical (unpaired) electrons. The van der Waals surface area contributed by atoms with E-state index in [1.807, 2.05) is 0 Å². The number of rotatable bonds is 3. The SMILES string of the molecule is Cc1cc(Cl)c(CN2CCOC(CN)C2)cc1F. The van der Waals surface area contributed by atoms with Crippen LogP contribution in [0, 0.1) is 12.7 Å². The van der Waals surface area contributed by atoms with Gasteiger partial charge in [0.05, 0.1) is 12.7 Å². The highest BCUT2D eigenvalue weighted by molar-refractivity contribution is 6.31. The maximum absolute atomic E-state index is 13.5. The number of hydrogen-bond donors (Lipinski definition) is 1. The fourth-order valence-corrected chi connectivity index (χ4v) is 2.39. The Morgan fingerprint density at radius 3 is 3.06 bits per heavy atom. The molecular weight excluding hydrogens is 255 g/mol. The van der Waals surface area contributed by atoms with Gasteiger partial charge in [0.15, 0.2) is 0 Å². The molecule has 5 heteroatoms. The monoisotopic (exact) mass is 272 g/mol. The predicted octanol–water partition coefficient (Wildman–Crippen LogP) is 1.95. The molecule has 18 heavy (non-hydrogen) atoms. The first-order valence-electron chi connectivity index (χ1n) is 6.08. The fraction of sp³-hybridized carbons (Fsp3) is 0.538. The maximum Gasteiger partial charge on any atom is 0.126 e. The largest absolute Gasteiger partial charge is 0.374 e. The topological polar surface area (TPSA) is 38.5 Å². The van der Waals surface area contributed by atoms with Crippen LogP contribution >= 0.6 is 11.6 Å². The summed E-state index contributed by atoms with van der Waals surface area (Å²) in [5.41, 5.74) is 6.99. The van der Waals surface area contributed by atoms with Crippen molar-refractivity contribution in [3.8, 4) is 0 Å². The molecule has 1 unspecified atom stereocenters. The molecule has 1 aliphatic rings. The summed E-state index contributed by atoms with van der Waals surface area (Å²) in [5, 5.41) is 0.615. The molecule has 2 N–H and O–H groups in total. The van der Waals surface area contributed by atoms with Crippen molar-refractivity contribution in [1.82, 2.24) is 4.90 Å². The lowest BCUT2D eigenvalue weighted by atomic mass is 10.1. The van der Waals surface area contributed by atoms with Gasteiger partial charge in [-0.2, -0.15) is 0 Å². The summed E-state index contributed by atoms with van der Waals surface area (Å²) in [6.07, 6.45) is 0.0628. The lowest BCUT2D eigenvalue weighted by Gasteiger charge is -2.32. The Morgan fingerprint density at radius 1 is 1.56 bits per heavy atom. The number of morpholine rings is 1. The molecule has 1 aliphatic heterocycles. The molecule has 2 rings (SSSR count). The number of nitrogens with zero attached hydrogens (tertiary/aromatic N) is 1. The third-order valence-corrected chi connectivity index (χ3v) is 3.56. The van der Waals surface area contributed by atoms with E-state index >= 15 is 0 Å². The molecule has 0 amide bonds. The molecule has 1 atom stereocenters. The Bertz CT molecular complexity index is 428. The minimum absolute atomic E-state index is 0.0628. The van der Waals surface area contributed by atoms with Gasteiger partial charge in [0.2, 0.25) is 0 Å². The molecule has 3 nitrogen and oxygen atoms in total.